The van der Waals surface area contributed by atoms with Crippen LogP contribution in [0.4, 0.5) is 5.69 Å². The highest BCUT2D eigenvalue weighted by atomic mass is 35.5. The molecule has 0 saturated heterocycles. The van der Waals surface area contributed by atoms with E-state index >= 15 is 0 Å². The molecule has 0 aliphatic rings. The SMILES string of the molecule is CCc1c(C(=O)NCc2cccc(NC(C)=O)c2)cnn1-c1cccc(Cl)c1. The molecule has 2 aromatic carbocycles. The average Bonchev–Trinajstić information content (AvgIpc) is 3.10. The molecule has 0 aliphatic carbocycles. The summed E-state index contributed by atoms with van der Waals surface area (Å²) in [6.45, 7) is 3.78. The first-order valence-corrected chi connectivity index (χ1v) is 9.33. The zero-order valence-electron chi connectivity index (χ0n) is 15.7. The Morgan fingerprint density at radius 2 is 1.93 bits per heavy atom. The van der Waals surface area contributed by atoms with Crippen molar-refractivity contribution in [3.05, 3.63) is 76.6 Å². The van der Waals surface area contributed by atoms with Crippen LogP contribution in [-0.4, -0.2) is 21.6 Å². The maximum Gasteiger partial charge on any atom is 0.255 e. The standard InChI is InChI=1S/C21H21ClN4O2/c1-3-20-19(13-24-26(20)18-9-5-7-16(22)11-18)21(28)23-12-15-6-4-8-17(10-15)25-14(2)27/h4-11,13H,3,12H2,1-2H3,(H,23,28)(H,25,27). The minimum atomic E-state index is -0.199. The maximum atomic E-state index is 12.7. The van der Waals surface area contributed by atoms with Crippen LogP contribution in [0.2, 0.25) is 5.02 Å². The summed E-state index contributed by atoms with van der Waals surface area (Å²) in [5.74, 6) is -0.336. The number of benzene rings is 2. The minimum Gasteiger partial charge on any atom is -0.348 e. The van der Waals surface area contributed by atoms with Crippen molar-refractivity contribution in [3.8, 4) is 5.69 Å². The van der Waals surface area contributed by atoms with E-state index in [1.807, 2.05) is 43.3 Å². The van der Waals surface area contributed by atoms with E-state index in [2.05, 4.69) is 15.7 Å². The van der Waals surface area contributed by atoms with E-state index in [9.17, 15) is 9.59 Å². The molecule has 1 heterocycles. The lowest BCUT2D eigenvalue weighted by molar-refractivity contribution is -0.114. The van der Waals surface area contributed by atoms with Crippen molar-refractivity contribution in [1.29, 1.82) is 0 Å². The van der Waals surface area contributed by atoms with E-state index < -0.39 is 0 Å². The van der Waals surface area contributed by atoms with Gasteiger partial charge in [-0.15, -0.1) is 0 Å². The second-order valence-corrected chi connectivity index (χ2v) is 6.75. The third-order valence-electron chi connectivity index (χ3n) is 4.20. The lowest BCUT2D eigenvalue weighted by Gasteiger charge is -2.10. The Morgan fingerprint density at radius 3 is 2.64 bits per heavy atom. The fourth-order valence-electron chi connectivity index (χ4n) is 2.97. The van der Waals surface area contributed by atoms with Crippen molar-refractivity contribution in [1.82, 2.24) is 15.1 Å². The molecule has 144 valence electrons. The van der Waals surface area contributed by atoms with Crippen molar-refractivity contribution >= 4 is 29.1 Å². The third kappa shape index (κ3) is 4.58. The molecule has 0 radical (unpaired) electrons. The Hall–Kier alpha value is -3.12. The van der Waals surface area contributed by atoms with Crippen LogP contribution in [0.5, 0.6) is 0 Å². The number of rotatable bonds is 6. The molecule has 0 saturated carbocycles. The van der Waals surface area contributed by atoms with Crippen molar-refractivity contribution in [2.24, 2.45) is 0 Å². The van der Waals surface area contributed by atoms with Crippen molar-refractivity contribution in [2.45, 2.75) is 26.8 Å². The molecule has 6 nitrogen and oxygen atoms in total. The number of halogens is 1. The molecule has 2 N–H and O–H groups in total. The van der Waals surface area contributed by atoms with Gasteiger partial charge in [0, 0.05) is 24.2 Å². The highest BCUT2D eigenvalue weighted by Gasteiger charge is 2.17. The fraction of sp³-hybridized carbons (Fsp3) is 0.190. The molecule has 0 atom stereocenters. The van der Waals surface area contributed by atoms with Crippen LogP contribution in [0.1, 0.15) is 35.5 Å². The first-order chi connectivity index (χ1) is 13.5. The van der Waals surface area contributed by atoms with Gasteiger partial charge >= 0.3 is 0 Å². The van der Waals surface area contributed by atoms with E-state index in [4.69, 9.17) is 11.6 Å². The van der Waals surface area contributed by atoms with E-state index in [-0.39, 0.29) is 11.8 Å². The molecule has 0 unspecified atom stereocenters. The van der Waals surface area contributed by atoms with Crippen LogP contribution in [0.25, 0.3) is 5.69 Å². The van der Waals surface area contributed by atoms with Crippen LogP contribution in [-0.2, 0) is 17.8 Å². The monoisotopic (exact) mass is 396 g/mol. The van der Waals surface area contributed by atoms with Gasteiger partial charge in [0.05, 0.1) is 23.1 Å². The van der Waals surface area contributed by atoms with Gasteiger partial charge in [-0.25, -0.2) is 4.68 Å². The predicted octanol–water partition coefficient (Wildman–Crippen LogP) is 3.98. The summed E-state index contributed by atoms with van der Waals surface area (Å²) in [5.41, 5.74) is 3.74. The molecular formula is C21H21ClN4O2. The second kappa shape index (κ2) is 8.71. The van der Waals surface area contributed by atoms with Crippen LogP contribution in [0, 0.1) is 0 Å². The van der Waals surface area contributed by atoms with E-state index in [0.717, 1.165) is 16.9 Å². The normalized spacial score (nSPS) is 10.5. The zero-order chi connectivity index (χ0) is 20.1. The summed E-state index contributed by atoms with van der Waals surface area (Å²) in [4.78, 5) is 23.9. The summed E-state index contributed by atoms with van der Waals surface area (Å²) >= 11 is 6.07. The number of nitrogens with zero attached hydrogens (tertiary/aromatic N) is 2. The minimum absolute atomic E-state index is 0.137. The van der Waals surface area contributed by atoms with Gasteiger partial charge in [-0.1, -0.05) is 36.7 Å². The Balaban J connectivity index is 1.76. The lowest BCUT2D eigenvalue weighted by atomic mass is 10.1. The highest BCUT2D eigenvalue weighted by molar-refractivity contribution is 6.30. The number of anilines is 1. The van der Waals surface area contributed by atoms with Crippen LogP contribution < -0.4 is 10.6 Å². The predicted molar refractivity (Wildman–Crippen MR) is 110 cm³/mol. The summed E-state index contributed by atoms with van der Waals surface area (Å²) in [6.07, 6.45) is 2.22. The molecule has 3 aromatic rings. The summed E-state index contributed by atoms with van der Waals surface area (Å²) in [7, 11) is 0. The second-order valence-electron chi connectivity index (χ2n) is 6.31. The van der Waals surface area contributed by atoms with Gasteiger partial charge in [-0.2, -0.15) is 5.10 Å². The molecule has 0 fully saturated rings. The summed E-state index contributed by atoms with van der Waals surface area (Å²) in [5, 5.41) is 10.6. The van der Waals surface area contributed by atoms with Gasteiger partial charge in [0.15, 0.2) is 0 Å². The smallest absolute Gasteiger partial charge is 0.255 e. The Labute approximate surface area is 168 Å². The van der Waals surface area contributed by atoms with E-state index in [1.165, 1.54) is 6.92 Å². The topological polar surface area (TPSA) is 76.0 Å². The number of aromatic nitrogens is 2. The Kier molecular flexibility index (Phi) is 6.11. The van der Waals surface area contributed by atoms with Gasteiger partial charge in [0.25, 0.3) is 5.91 Å². The van der Waals surface area contributed by atoms with Gasteiger partial charge in [-0.3, -0.25) is 9.59 Å². The number of carbonyl (C=O) groups is 2. The fourth-order valence-corrected chi connectivity index (χ4v) is 3.16. The number of carbonyl (C=O) groups excluding carboxylic acids is 2. The summed E-state index contributed by atoms with van der Waals surface area (Å²) < 4.78 is 1.73. The largest absolute Gasteiger partial charge is 0.348 e. The number of nitrogens with one attached hydrogen (secondary N) is 2. The molecule has 7 heteroatoms. The molecule has 3 rings (SSSR count). The molecule has 2 amide bonds. The molecule has 0 aliphatic heterocycles. The first kappa shape index (κ1) is 19.6. The van der Waals surface area contributed by atoms with Crippen LogP contribution in [0.3, 0.4) is 0 Å². The number of hydrogen-bond donors (Lipinski definition) is 2. The van der Waals surface area contributed by atoms with E-state index in [1.54, 1.807) is 23.0 Å². The Morgan fingerprint density at radius 1 is 1.14 bits per heavy atom. The molecule has 28 heavy (non-hydrogen) atoms. The van der Waals surface area contributed by atoms with Crippen molar-refractivity contribution < 1.29 is 9.59 Å². The number of hydrogen-bond acceptors (Lipinski definition) is 3. The maximum absolute atomic E-state index is 12.7. The van der Waals surface area contributed by atoms with Gasteiger partial charge < -0.3 is 10.6 Å². The van der Waals surface area contributed by atoms with E-state index in [0.29, 0.717) is 29.2 Å². The van der Waals surface area contributed by atoms with Crippen LogP contribution in [0.15, 0.2) is 54.7 Å². The molecular weight excluding hydrogens is 376 g/mol. The Bertz CT molecular complexity index is 1010. The third-order valence-corrected chi connectivity index (χ3v) is 4.44. The first-order valence-electron chi connectivity index (χ1n) is 8.95. The molecule has 0 bridgehead atoms. The zero-order valence-corrected chi connectivity index (χ0v) is 16.5. The summed E-state index contributed by atoms with van der Waals surface area (Å²) in [6, 6.07) is 14.7. The number of amides is 2. The highest BCUT2D eigenvalue weighted by Crippen LogP contribution is 2.19. The quantitative estimate of drug-likeness (QED) is 0.661. The molecule has 0 spiro atoms. The van der Waals surface area contributed by atoms with Crippen molar-refractivity contribution in [3.63, 3.8) is 0 Å². The van der Waals surface area contributed by atoms with Crippen LogP contribution >= 0.6 is 11.6 Å². The molecule has 1 aromatic heterocycles. The van der Waals surface area contributed by atoms with Gasteiger partial charge in [-0.05, 0) is 42.3 Å². The van der Waals surface area contributed by atoms with Gasteiger partial charge in [0.1, 0.15) is 0 Å². The lowest BCUT2D eigenvalue weighted by Crippen LogP contribution is -2.24. The van der Waals surface area contributed by atoms with Crippen molar-refractivity contribution in [2.75, 3.05) is 5.32 Å². The average molecular weight is 397 g/mol. The van der Waals surface area contributed by atoms with Gasteiger partial charge in [0.2, 0.25) is 5.91 Å².